The van der Waals surface area contributed by atoms with E-state index in [9.17, 15) is 13.2 Å². The van der Waals surface area contributed by atoms with Crippen LogP contribution in [0.5, 0.6) is 5.75 Å². The van der Waals surface area contributed by atoms with Gasteiger partial charge in [0.25, 0.3) is 15.9 Å². The van der Waals surface area contributed by atoms with Gasteiger partial charge >= 0.3 is 0 Å². The summed E-state index contributed by atoms with van der Waals surface area (Å²) in [7, 11) is -3.82. The summed E-state index contributed by atoms with van der Waals surface area (Å²) in [6.07, 6.45) is 1.88. The lowest BCUT2D eigenvalue weighted by molar-refractivity contribution is 0.0945. The molecule has 0 aliphatic carbocycles. The number of carbonyl (C=O) groups is 1. The molecule has 0 atom stereocenters. The molecule has 0 unspecified atom stereocenters. The average Bonchev–Trinajstić information content (AvgIpc) is 2.61. The van der Waals surface area contributed by atoms with Crippen LogP contribution in [0.1, 0.15) is 36.2 Å². The molecule has 25 heavy (non-hydrogen) atoms. The number of carbonyl (C=O) groups excluding carboxylic acids is 1. The number of hydrogen-bond acceptors (Lipinski definition) is 4. The third-order valence-electron chi connectivity index (χ3n) is 3.50. The molecule has 0 aliphatic heterocycles. The Hall–Kier alpha value is -2.38. The van der Waals surface area contributed by atoms with Crippen molar-refractivity contribution < 1.29 is 17.9 Å². The zero-order chi connectivity index (χ0) is 18.3. The largest absolute Gasteiger partial charge is 0.494 e. The van der Waals surface area contributed by atoms with Crippen molar-refractivity contribution in [3.63, 3.8) is 0 Å². The predicted molar refractivity (Wildman–Crippen MR) is 95.8 cm³/mol. The molecule has 2 aromatic carbocycles. The lowest BCUT2D eigenvalue weighted by atomic mass is 10.1. The number of aryl methyl sites for hydroxylation is 1. The van der Waals surface area contributed by atoms with Gasteiger partial charge in [-0.2, -0.15) is 0 Å². The third-order valence-corrected chi connectivity index (χ3v) is 4.76. The van der Waals surface area contributed by atoms with Crippen molar-refractivity contribution in [1.29, 1.82) is 0 Å². The molecular weight excluding hydrogens is 340 g/mol. The van der Waals surface area contributed by atoms with Gasteiger partial charge in [0.1, 0.15) is 5.75 Å². The zero-order valence-electron chi connectivity index (χ0n) is 14.3. The number of benzene rings is 2. The molecule has 1 amide bonds. The van der Waals surface area contributed by atoms with Crippen LogP contribution in [0.25, 0.3) is 0 Å². The van der Waals surface area contributed by atoms with Crippen molar-refractivity contribution in [1.82, 2.24) is 10.3 Å². The van der Waals surface area contributed by atoms with Crippen molar-refractivity contribution in [3.8, 4) is 5.75 Å². The highest BCUT2D eigenvalue weighted by Crippen LogP contribution is 2.13. The van der Waals surface area contributed by atoms with E-state index in [1.54, 1.807) is 36.4 Å². The summed E-state index contributed by atoms with van der Waals surface area (Å²) in [6, 6.07) is 13.0. The summed E-state index contributed by atoms with van der Waals surface area (Å²) in [5, 5.41) is 0. The van der Waals surface area contributed by atoms with E-state index >= 15 is 0 Å². The maximum atomic E-state index is 12.2. The van der Waals surface area contributed by atoms with Gasteiger partial charge in [0.05, 0.1) is 11.5 Å². The number of hydrogen-bond donors (Lipinski definition) is 2. The van der Waals surface area contributed by atoms with E-state index in [1.807, 2.05) is 6.92 Å². The minimum atomic E-state index is -3.82. The van der Waals surface area contributed by atoms with Crippen LogP contribution < -0.4 is 15.0 Å². The highest BCUT2D eigenvalue weighted by atomic mass is 32.2. The Morgan fingerprint density at radius 3 is 2.20 bits per heavy atom. The fourth-order valence-electron chi connectivity index (χ4n) is 2.24. The van der Waals surface area contributed by atoms with Gasteiger partial charge in [-0.05, 0) is 55.3 Å². The van der Waals surface area contributed by atoms with E-state index in [2.05, 4.69) is 17.2 Å². The second kappa shape index (κ2) is 8.64. The number of rotatable bonds is 8. The van der Waals surface area contributed by atoms with Gasteiger partial charge in [0, 0.05) is 5.56 Å². The van der Waals surface area contributed by atoms with E-state index in [1.165, 1.54) is 12.1 Å². The van der Waals surface area contributed by atoms with Crippen molar-refractivity contribution in [3.05, 3.63) is 59.7 Å². The highest BCUT2D eigenvalue weighted by Gasteiger charge is 2.15. The van der Waals surface area contributed by atoms with Crippen molar-refractivity contribution >= 4 is 15.9 Å². The fourth-order valence-corrected chi connectivity index (χ4v) is 3.08. The van der Waals surface area contributed by atoms with Gasteiger partial charge in [-0.25, -0.2) is 8.42 Å². The molecule has 2 N–H and O–H groups in total. The summed E-state index contributed by atoms with van der Waals surface area (Å²) < 4.78 is 29.8. The molecule has 0 saturated heterocycles. The van der Waals surface area contributed by atoms with Crippen LogP contribution in [-0.4, -0.2) is 20.9 Å². The van der Waals surface area contributed by atoms with Gasteiger partial charge in [-0.1, -0.05) is 25.5 Å². The molecule has 0 saturated carbocycles. The Kier molecular flexibility index (Phi) is 6.55. The van der Waals surface area contributed by atoms with E-state index in [0.717, 1.165) is 18.4 Å². The number of amides is 1. The molecule has 0 heterocycles. The molecule has 2 aromatic rings. The van der Waals surface area contributed by atoms with Crippen molar-refractivity contribution in [2.24, 2.45) is 0 Å². The van der Waals surface area contributed by atoms with Gasteiger partial charge in [-0.15, -0.1) is 4.83 Å². The molecule has 0 aromatic heterocycles. The molecule has 134 valence electrons. The predicted octanol–water partition coefficient (Wildman–Crippen LogP) is 2.66. The number of sulfonamides is 1. The van der Waals surface area contributed by atoms with Crippen LogP contribution in [0.4, 0.5) is 0 Å². The Labute approximate surface area is 148 Å². The maximum absolute atomic E-state index is 12.2. The molecule has 7 heteroatoms. The van der Waals surface area contributed by atoms with E-state index in [-0.39, 0.29) is 4.90 Å². The Morgan fingerprint density at radius 1 is 1.00 bits per heavy atom. The zero-order valence-corrected chi connectivity index (χ0v) is 15.1. The molecule has 0 spiro atoms. The monoisotopic (exact) mass is 362 g/mol. The molecule has 6 nitrogen and oxygen atoms in total. The number of hydrazine groups is 1. The van der Waals surface area contributed by atoms with Crippen LogP contribution in [0.2, 0.25) is 0 Å². The second-order valence-corrected chi connectivity index (χ2v) is 7.09. The fraction of sp³-hybridized carbons (Fsp3) is 0.278. The summed E-state index contributed by atoms with van der Waals surface area (Å²) in [5.41, 5.74) is 3.60. The van der Waals surface area contributed by atoms with Crippen LogP contribution in [0, 0.1) is 0 Å². The van der Waals surface area contributed by atoms with Crippen LogP contribution in [0.15, 0.2) is 53.4 Å². The minimum absolute atomic E-state index is 0.0966. The van der Waals surface area contributed by atoms with Crippen LogP contribution >= 0.6 is 0 Å². The maximum Gasteiger partial charge on any atom is 0.266 e. The van der Waals surface area contributed by atoms with Crippen LogP contribution in [-0.2, 0) is 16.4 Å². The topological polar surface area (TPSA) is 84.5 Å². The van der Waals surface area contributed by atoms with Crippen LogP contribution in [0.3, 0.4) is 0 Å². The van der Waals surface area contributed by atoms with Gasteiger partial charge in [-0.3, -0.25) is 10.2 Å². The first-order chi connectivity index (χ1) is 12.0. The summed E-state index contributed by atoms with van der Waals surface area (Å²) in [4.78, 5) is 14.3. The normalized spacial score (nSPS) is 11.1. The van der Waals surface area contributed by atoms with Crippen molar-refractivity contribution in [2.45, 2.75) is 31.6 Å². The SMILES string of the molecule is CCCc1ccc(S(=O)(=O)NNC(=O)c2ccc(OCC)cc2)cc1. The first kappa shape index (κ1) is 19.0. The number of ether oxygens (including phenoxy) is 1. The first-order valence-corrected chi connectivity index (χ1v) is 9.58. The summed E-state index contributed by atoms with van der Waals surface area (Å²) in [6.45, 7) is 4.45. The van der Waals surface area contributed by atoms with E-state index in [0.29, 0.717) is 17.9 Å². The molecule has 0 bridgehead atoms. The van der Waals surface area contributed by atoms with Gasteiger partial charge in [0.15, 0.2) is 0 Å². The smallest absolute Gasteiger partial charge is 0.266 e. The molecule has 2 rings (SSSR count). The Bertz CT molecular complexity index is 800. The highest BCUT2D eigenvalue weighted by molar-refractivity contribution is 7.89. The average molecular weight is 362 g/mol. The lowest BCUT2D eigenvalue weighted by Gasteiger charge is -2.09. The summed E-state index contributed by atoms with van der Waals surface area (Å²) >= 11 is 0. The standard InChI is InChI=1S/C18H22N2O4S/c1-3-5-14-6-12-17(13-7-14)25(22,23)20-19-18(21)15-8-10-16(11-9-15)24-4-2/h6-13,20H,3-5H2,1-2H3,(H,19,21). The quantitative estimate of drug-likeness (QED) is 0.707. The molecule has 0 radical (unpaired) electrons. The van der Waals surface area contributed by atoms with E-state index < -0.39 is 15.9 Å². The second-order valence-electron chi connectivity index (χ2n) is 5.41. The molecular formula is C18H22N2O4S. The minimum Gasteiger partial charge on any atom is -0.494 e. The summed E-state index contributed by atoms with van der Waals surface area (Å²) in [5.74, 6) is 0.0982. The third kappa shape index (κ3) is 5.30. The van der Waals surface area contributed by atoms with Crippen molar-refractivity contribution in [2.75, 3.05) is 6.61 Å². The van der Waals surface area contributed by atoms with Gasteiger partial charge < -0.3 is 4.74 Å². The van der Waals surface area contributed by atoms with E-state index in [4.69, 9.17) is 4.74 Å². The Morgan fingerprint density at radius 2 is 1.64 bits per heavy atom. The molecule has 0 fully saturated rings. The van der Waals surface area contributed by atoms with Gasteiger partial charge in [0.2, 0.25) is 0 Å². The Balaban J connectivity index is 1.99. The lowest BCUT2D eigenvalue weighted by Crippen LogP contribution is -2.41. The number of nitrogens with one attached hydrogen (secondary N) is 2. The first-order valence-electron chi connectivity index (χ1n) is 8.10. The molecule has 0 aliphatic rings.